The lowest BCUT2D eigenvalue weighted by Crippen LogP contribution is -2.37. The van der Waals surface area contributed by atoms with Crippen LogP contribution in [0.1, 0.15) is 45.0 Å². The van der Waals surface area contributed by atoms with E-state index in [2.05, 4.69) is 10.3 Å². The summed E-state index contributed by atoms with van der Waals surface area (Å²) in [5.41, 5.74) is 1.17. The molecule has 4 rings (SSSR count). The van der Waals surface area contributed by atoms with Gasteiger partial charge in [-0.2, -0.15) is 0 Å². The quantitative estimate of drug-likeness (QED) is 0.902. The predicted molar refractivity (Wildman–Crippen MR) is 98.5 cm³/mol. The zero-order chi connectivity index (χ0) is 18.1. The van der Waals surface area contributed by atoms with Crippen molar-refractivity contribution in [2.24, 2.45) is 5.92 Å². The molecule has 26 heavy (non-hydrogen) atoms. The van der Waals surface area contributed by atoms with Crippen LogP contribution in [0, 0.1) is 5.92 Å². The van der Waals surface area contributed by atoms with Gasteiger partial charge in [-0.1, -0.05) is 29.5 Å². The molecule has 1 aliphatic carbocycles. The van der Waals surface area contributed by atoms with Crippen molar-refractivity contribution in [2.75, 3.05) is 18.4 Å². The van der Waals surface area contributed by atoms with Crippen LogP contribution in [0.4, 0.5) is 5.13 Å². The van der Waals surface area contributed by atoms with Gasteiger partial charge in [0, 0.05) is 31.5 Å². The van der Waals surface area contributed by atoms with Crippen LogP contribution in [-0.4, -0.2) is 40.6 Å². The molecule has 2 heterocycles. The Bertz CT molecular complexity index is 856. The fourth-order valence-corrected chi connectivity index (χ4v) is 4.45. The number of benzene rings is 1. The predicted octanol–water partition coefficient (Wildman–Crippen LogP) is 2.76. The number of ketones is 1. The van der Waals surface area contributed by atoms with Crippen LogP contribution < -0.4 is 5.32 Å². The highest BCUT2D eigenvalue weighted by Crippen LogP contribution is 2.33. The summed E-state index contributed by atoms with van der Waals surface area (Å²) < 4.78 is 0. The van der Waals surface area contributed by atoms with Gasteiger partial charge in [-0.25, -0.2) is 4.98 Å². The third kappa shape index (κ3) is 3.26. The number of anilines is 1. The van der Waals surface area contributed by atoms with Crippen molar-refractivity contribution in [3.8, 4) is 0 Å². The lowest BCUT2D eigenvalue weighted by atomic mass is 9.89. The molecule has 1 saturated heterocycles. The van der Waals surface area contributed by atoms with Crippen molar-refractivity contribution in [1.29, 1.82) is 0 Å². The number of amides is 2. The van der Waals surface area contributed by atoms with E-state index in [1.165, 1.54) is 11.3 Å². The number of fused-ring (bicyclic) bond motifs is 1. The van der Waals surface area contributed by atoms with E-state index in [1.54, 1.807) is 24.3 Å². The summed E-state index contributed by atoms with van der Waals surface area (Å²) in [5.74, 6) is -0.576. The molecule has 1 fully saturated rings. The highest BCUT2D eigenvalue weighted by Gasteiger charge is 2.35. The maximum Gasteiger partial charge on any atom is 0.257 e. The average molecular weight is 369 g/mol. The van der Waals surface area contributed by atoms with E-state index in [4.69, 9.17) is 0 Å². The first kappa shape index (κ1) is 16.9. The van der Waals surface area contributed by atoms with Gasteiger partial charge in [-0.05, 0) is 25.0 Å². The number of hydrogen-bond donors (Lipinski definition) is 1. The largest absolute Gasteiger partial charge is 0.342 e. The van der Waals surface area contributed by atoms with Gasteiger partial charge in [-0.3, -0.25) is 19.7 Å². The Labute approximate surface area is 155 Å². The normalized spacial score (nSPS) is 19.3. The molecule has 1 N–H and O–H groups in total. The van der Waals surface area contributed by atoms with Crippen molar-refractivity contribution < 1.29 is 14.4 Å². The van der Waals surface area contributed by atoms with Crippen LogP contribution in [-0.2, 0) is 11.2 Å². The Hall–Kier alpha value is -2.54. The summed E-state index contributed by atoms with van der Waals surface area (Å²) in [6.07, 6.45) is 2.76. The molecule has 0 spiro atoms. The molecule has 1 atom stereocenters. The summed E-state index contributed by atoms with van der Waals surface area (Å²) in [7, 11) is 0. The van der Waals surface area contributed by atoms with Crippen molar-refractivity contribution in [2.45, 2.75) is 25.7 Å². The lowest BCUT2D eigenvalue weighted by Gasteiger charge is -2.24. The van der Waals surface area contributed by atoms with E-state index < -0.39 is 0 Å². The van der Waals surface area contributed by atoms with E-state index in [0.29, 0.717) is 27.7 Å². The van der Waals surface area contributed by atoms with Crippen LogP contribution in [0.15, 0.2) is 30.3 Å². The zero-order valence-corrected chi connectivity index (χ0v) is 15.1. The summed E-state index contributed by atoms with van der Waals surface area (Å²) in [4.78, 5) is 44.2. The van der Waals surface area contributed by atoms with Gasteiger partial charge >= 0.3 is 0 Å². The fourth-order valence-electron chi connectivity index (χ4n) is 3.51. The van der Waals surface area contributed by atoms with Crippen molar-refractivity contribution >= 4 is 34.1 Å². The standard InChI is InChI=1S/C19H19N3O3S/c23-15-11-13(18(25)22-8-4-5-9-22)10-14-16(15)26-19(20-14)21-17(24)12-6-2-1-3-7-12/h1-3,6-7,13H,4-5,8-11H2,(H,20,21,24)/t13-/m0/s1. The minimum absolute atomic E-state index is 0.0542. The van der Waals surface area contributed by atoms with Crippen LogP contribution >= 0.6 is 11.3 Å². The number of carbonyl (C=O) groups excluding carboxylic acids is 3. The van der Waals surface area contributed by atoms with Gasteiger partial charge in [0.2, 0.25) is 5.91 Å². The molecule has 6 nitrogen and oxygen atoms in total. The molecule has 2 aromatic rings. The van der Waals surface area contributed by atoms with E-state index in [0.717, 1.165) is 25.9 Å². The second-order valence-corrected chi connectivity index (χ2v) is 7.67. The topological polar surface area (TPSA) is 79.4 Å². The van der Waals surface area contributed by atoms with Gasteiger partial charge in [0.05, 0.1) is 16.5 Å². The van der Waals surface area contributed by atoms with E-state index in [1.807, 2.05) is 11.0 Å². The number of thiazole rings is 1. The summed E-state index contributed by atoms with van der Waals surface area (Å²) in [6.45, 7) is 1.57. The van der Waals surface area contributed by atoms with Gasteiger partial charge in [0.15, 0.2) is 10.9 Å². The monoisotopic (exact) mass is 369 g/mol. The SMILES string of the molecule is O=C(Nc1nc2c(s1)C(=O)C[C@@H](C(=O)N1CCCC1)C2)c1ccccc1. The minimum atomic E-state index is -0.326. The maximum absolute atomic E-state index is 12.6. The first-order valence-corrected chi connectivity index (χ1v) is 9.61. The number of hydrogen-bond acceptors (Lipinski definition) is 5. The second kappa shape index (κ2) is 6.99. The maximum atomic E-state index is 12.6. The Kier molecular flexibility index (Phi) is 4.55. The summed E-state index contributed by atoms with van der Waals surface area (Å²) in [6, 6.07) is 8.87. The molecule has 0 saturated carbocycles. The lowest BCUT2D eigenvalue weighted by molar-refractivity contribution is -0.134. The third-order valence-electron chi connectivity index (χ3n) is 4.85. The Morgan fingerprint density at radius 2 is 1.85 bits per heavy atom. The van der Waals surface area contributed by atoms with Crippen LogP contribution in [0.2, 0.25) is 0 Å². The molecule has 0 unspecified atom stereocenters. The van der Waals surface area contributed by atoms with E-state index >= 15 is 0 Å². The minimum Gasteiger partial charge on any atom is -0.342 e. The molecule has 7 heteroatoms. The smallest absolute Gasteiger partial charge is 0.257 e. The number of Topliss-reactive ketones (excluding diaryl/α,β-unsaturated/α-hetero) is 1. The van der Waals surface area contributed by atoms with Gasteiger partial charge in [-0.15, -0.1) is 0 Å². The number of aromatic nitrogens is 1. The van der Waals surface area contributed by atoms with E-state index in [-0.39, 0.29) is 29.9 Å². The molecule has 134 valence electrons. The summed E-state index contributed by atoms with van der Waals surface area (Å²) in [5, 5.41) is 3.16. The number of likely N-dealkylation sites (tertiary alicyclic amines) is 1. The first-order valence-electron chi connectivity index (χ1n) is 8.80. The van der Waals surface area contributed by atoms with Gasteiger partial charge < -0.3 is 4.90 Å². The van der Waals surface area contributed by atoms with Crippen LogP contribution in [0.5, 0.6) is 0 Å². The average Bonchev–Trinajstić information content (AvgIpc) is 3.31. The van der Waals surface area contributed by atoms with Gasteiger partial charge in [0.25, 0.3) is 5.91 Å². The first-order chi connectivity index (χ1) is 12.6. The highest BCUT2D eigenvalue weighted by atomic mass is 32.1. The molecule has 0 radical (unpaired) electrons. The third-order valence-corrected chi connectivity index (χ3v) is 5.90. The van der Waals surface area contributed by atoms with E-state index in [9.17, 15) is 14.4 Å². The molecule has 1 aromatic carbocycles. The Morgan fingerprint density at radius 3 is 2.58 bits per heavy atom. The van der Waals surface area contributed by atoms with Gasteiger partial charge in [0.1, 0.15) is 0 Å². The number of carbonyl (C=O) groups is 3. The fraction of sp³-hybridized carbons (Fsp3) is 0.368. The second-order valence-electron chi connectivity index (χ2n) is 6.68. The van der Waals surface area contributed by atoms with Crippen molar-refractivity contribution in [3.63, 3.8) is 0 Å². The molecule has 2 amide bonds. The number of rotatable bonds is 3. The summed E-state index contributed by atoms with van der Waals surface area (Å²) >= 11 is 1.19. The molecular formula is C19H19N3O3S. The molecular weight excluding hydrogens is 350 g/mol. The van der Waals surface area contributed by atoms with Crippen LogP contribution in [0.3, 0.4) is 0 Å². The molecule has 1 aromatic heterocycles. The van der Waals surface area contributed by atoms with Crippen LogP contribution in [0.25, 0.3) is 0 Å². The Morgan fingerprint density at radius 1 is 1.12 bits per heavy atom. The number of nitrogens with zero attached hydrogens (tertiary/aromatic N) is 2. The number of nitrogens with one attached hydrogen (secondary N) is 1. The van der Waals surface area contributed by atoms with Crippen molar-refractivity contribution in [1.82, 2.24) is 9.88 Å². The molecule has 2 aliphatic rings. The molecule has 1 aliphatic heterocycles. The highest BCUT2D eigenvalue weighted by molar-refractivity contribution is 7.17. The Balaban J connectivity index is 1.49. The van der Waals surface area contributed by atoms with Crippen molar-refractivity contribution in [3.05, 3.63) is 46.5 Å². The zero-order valence-electron chi connectivity index (χ0n) is 14.2. The molecule has 0 bridgehead atoms.